The molecule has 4 aliphatic heterocycles. The van der Waals surface area contributed by atoms with Crippen molar-refractivity contribution in [3.05, 3.63) is 0 Å². The predicted molar refractivity (Wildman–Crippen MR) is 196 cm³/mol. The van der Waals surface area contributed by atoms with Gasteiger partial charge in [0.1, 0.15) is 0 Å². The highest BCUT2D eigenvalue weighted by Crippen LogP contribution is 2.69. The average Bonchev–Trinajstić information content (AvgIpc) is 3.29. The van der Waals surface area contributed by atoms with E-state index in [0.29, 0.717) is 53.8 Å². The summed E-state index contributed by atoms with van der Waals surface area (Å²) in [6.45, 7) is 13.9. The van der Waals surface area contributed by atoms with Crippen molar-refractivity contribution in [1.82, 2.24) is 5.32 Å². The lowest BCUT2D eigenvalue weighted by Crippen LogP contribution is -2.71. The lowest BCUT2D eigenvalue weighted by atomic mass is 9.43. The lowest BCUT2D eigenvalue weighted by Gasteiger charge is -2.64. The Hall–Kier alpha value is -0.860. The van der Waals surface area contributed by atoms with Crippen LogP contribution in [0.5, 0.6) is 0 Å². The van der Waals surface area contributed by atoms with Crippen LogP contribution >= 0.6 is 0 Å². The fourth-order valence-corrected chi connectivity index (χ4v) is 14.8. The third-order valence-corrected chi connectivity index (χ3v) is 18.0. The highest BCUT2D eigenvalue weighted by Gasteiger charge is 2.70. The first-order chi connectivity index (χ1) is 25.0. The van der Waals surface area contributed by atoms with Crippen molar-refractivity contribution in [3.63, 3.8) is 0 Å². The Balaban J connectivity index is 1.03. The van der Waals surface area contributed by atoms with E-state index in [1.807, 2.05) is 6.92 Å². The fraction of sp³-hybridized carbons (Fsp3) is 0.976. The first-order valence-electron chi connectivity index (χ1n) is 21.2. The Labute approximate surface area is 317 Å². The summed E-state index contributed by atoms with van der Waals surface area (Å²) in [5.41, 5.74) is -0.325. The monoisotopic (exact) mass is 765 g/mol. The van der Waals surface area contributed by atoms with E-state index >= 15 is 0 Å². The summed E-state index contributed by atoms with van der Waals surface area (Å²) in [5, 5.41) is 13.6. The van der Waals surface area contributed by atoms with Gasteiger partial charge in [-0.25, -0.2) is 9.78 Å². The maximum absolute atomic E-state index is 12.6. The van der Waals surface area contributed by atoms with Gasteiger partial charge in [0, 0.05) is 31.2 Å². The van der Waals surface area contributed by atoms with E-state index in [-0.39, 0.29) is 47.3 Å². The number of aliphatic hydroxyl groups excluding tert-OH is 1. The molecule has 4 heterocycles. The second-order valence-corrected chi connectivity index (χ2v) is 21.6. The van der Waals surface area contributed by atoms with Gasteiger partial charge < -0.3 is 24.6 Å². The molecule has 302 valence electrons. The molecule has 1 amide bonds. The van der Waals surface area contributed by atoms with Crippen LogP contribution in [0.15, 0.2) is 0 Å². The van der Waals surface area contributed by atoms with Crippen LogP contribution in [0.2, 0.25) is 0 Å². The average molecular weight is 766 g/mol. The van der Waals surface area contributed by atoms with Crippen LogP contribution in [0.3, 0.4) is 0 Å². The molecule has 0 aromatic rings. The largest absolute Gasteiger partial charge is 0.393 e. The SMILES string of the molecule is C[C@H]1C(OC2CC3C[C@H](O)CC[C@]3(C)C3CC[C@@]4(C)C(CC[C@@H]4[C@H](C)CCC(=O)NCCS(=O)(=O)O)C23)OC2O[C@]3(C)CCC4[C@H](C)CCC1[C@@]24OO3. The third-order valence-electron chi connectivity index (χ3n) is 17.3. The molecule has 11 nitrogen and oxygen atoms in total. The minimum absolute atomic E-state index is 0.0196. The molecule has 18 atom stereocenters. The van der Waals surface area contributed by atoms with Gasteiger partial charge in [-0.3, -0.25) is 9.35 Å². The van der Waals surface area contributed by atoms with E-state index in [0.717, 1.165) is 83.5 Å². The molecule has 9 rings (SSSR count). The topological polar surface area (TPSA) is 150 Å². The van der Waals surface area contributed by atoms with Crippen LogP contribution in [0.1, 0.15) is 131 Å². The van der Waals surface area contributed by atoms with E-state index in [2.05, 4.69) is 39.9 Å². The van der Waals surface area contributed by atoms with E-state index in [4.69, 9.17) is 28.5 Å². The Morgan fingerprint density at radius 2 is 1.62 bits per heavy atom. The molecule has 5 aliphatic carbocycles. The zero-order valence-electron chi connectivity index (χ0n) is 33.0. The minimum Gasteiger partial charge on any atom is -0.393 e. The molecule has 0 aromatic carbocycles. The van der Waals surface area contributed by atoms with Crippen molar-refractivity contribution in [3.8, 4) is 0 Å². The van der Waals surface area contributed by atoms with Crippen molar-refractivity contribution in [2.45, 2.75) is 168 Å². The molecule has 3 N–H and O–H groups in total. The van der Waals surface area contributed by atoms with Crippen LogP contribution in [0.4, 0.5) is 0 Å². The van der Waals surface area contributed by atoms with Crippen LogP contribution in [-0.4, -0.2) is 72.5 Å². The van der Waals surface area contributed by atoms with E-state index in [1.165, 1.54) is 0 Å². The first kappa shape index (κ1) is 39.0. The lowest BCUT2D eigenvalue weighted by molar-refractivity contribution is -0.578. The van der Waals surface area contributed by atoms with Crippen molar-refractivity contribution < 1.29 is 46.9 Å². The van der Waals surface area contributed by atoms with Crippen molar-refractivity contribution in [2.75, 3.05) is 12.3 Å². The fourth-order valence-electron chi connectivity index (χ4n) is 14.5. The molecule has 9 aliphatic rings. The molecule has 4 saturated heterocycles. The van der Waals surface area contributed by atoms with Crippen molar-refractivity contribution >= 4 is 16.0 Å². The quantitative estimate of drug-likeness (QED) is 0.133. The summed E-state index contributed by atoms with van der Waals surface area (Å²) < 4.78 is 52.5. The van der Waals surface area contributed by atoms with Gasteiger partial charge in [0.2, 0.25) is 11.7 Å². The van der Waals surface area contributed by atoms with E-state index < -0.39 is 39.8 Å². The molecule has 9 unspecified atom stereocenters. The summed E-state index contributed by atoms with van der Waals surface area (Å²) in [4.78, 5) is 25.2. The molecule has 0 radical (unpaired) electrons. The Bertz CT molecular complexity index is 1500. The molecule has 9 fully saturated rings. The summed E-state index contributed by atoms with van der Waals surface area (Å²) in [6, 6.07) is 0. The Morgan fingerprint density at radius 1 is 0.906 bits per heavy atom. The number of fused-ring (bicyclic) bond motifs is 7. The number of nitrogens with one attached hydrogen (secondary N) is 1. The highest BCUT2D eigenvalue weighted by molar-refractivity contribution is 7.85. The Kier molecular flexibility index (Phi) is 10.2. The second-order valence-electron chi connectivity index (χ2n) is 20.0. The van der Waals surface area contributed by atoms with Gasteiger partial charge in [-0.2, -0.15) is 8.42 Å². The van der Waals surface area contributed by atoms with Crippen molar-refractivity contribution in [2.24, 2.45) is 70.0 Å². The number of carbonyl (C=O) groups is 1. The van der Waals surface area contributed by atoms with Crippen LogP contribution in [0, 0.1) is 70.0 Å². The molecular weight excluding hydrogens is 699 g/mol. The second kappa shape index (κ2) is 13.9. The first-order valence-corrected chi connectivity index (χ1v) is 22.8. The van der Waals surface area contributed by atoms with Crippen LogP contribution in [0.25, 0.3) is 0 Å². The van der Waals surface area contributed by atoms with Gasteiger partial charge >= 0.3 is 0 Å². The molecule has 1 spiro atoms. The standard InChI is InChI=1S/C41H67NO10S/c1-23(8-12-34(44)42-19-20-53(45,46)47)28-10-11-31-35-32(14-17-39(28,31)5)38(4)16-13-27(43)21-26(38)22-33(35)48-36-25(3)30-9-7-24(2)29-15-18-40(6)50-37(49-36)41(29,30)52-51-40/h23-33,35-37,43H,7-22H2,1-6H3,(H,42,44)(H,45,46,47)/t23-,24-,25-,26?,27-,28-,29?,30?,31?,32?,33?,35?,36?,37?,38+,39-,40+,41-/m1/s1. The molecular formula is C41H67NO10S. The number of hydrogen-bond donors (Lipinski definition) is 3. The van der Waals surface area contributed by atoms with Gasteiger partial charge in [0.05, 0.1) is 18.0 Å². The van der Waals surface area contributed by atoms with Crippen LogP contribution in [-0.2, 0) is 38.9 Å². The van der Waals surface area contributed by atoms with Crippen molar-refractivity contribution in [1.29, 1.82) is 0 Å². The third kappa shape index (κ3) is 6.57. The zero-order valence-corrected chi connectivity index (χ0v) is 33.8. The normalized spacial score (nSPS) is 52.3. The minimum atomic E-state index is -4.11. The number of amides is 1. The summed E-state index contributed by atoms with van der Waals surface area (Å²) >= 11 is 0. The molecule has 0 aromatic heterocycles. The summed E-state index contributed by atoms with van der Waals surface area (Å²) in [7, 11) is -4.11. The van der Waals surface area contributed by atoms with Crippen LogP contribution < -0.4 is 5.32 Å². The molecule has 2 bridgehead atoms. The number of carbonyl (C=O) groups excluding carboxylic acids is 1. The number of ether oxygens (including phenoxy) is 3. The maximum Gasteiger partial charge on any atom is 0.266 e. The predicted octanol–water partition coefficient (Wildman–Crippen LogP) is 6.63. The molecule has 12 heteroatoms. The molecule has 53 heavy (non-hydrogen) atoms. The smallest absolute Gasteiger partial charge is 0.266 e. The van der Waals surface area contributed by atoms with E-state index in [1.54, 1.807) is 0 Å². The number of hydrogen-bond acceptors (Lipinski definition) is 9. The van der Waals surface area contributed by atoms with Gasteiger partial charge in [-0.1, -0.05) is 34.6 Å². The zero-order chi connectivity index (χ0) is 37.7. The highest BCUT2D eigenvalue weighted by atomic mass is 32.2. The van der Waals surface area contributed by atoms with Gasteiger partial charge in [-0.05, 0) is 142 Å². The summed E-state index contributed by atoms with van der Waals surface area (Å²) in [6.07, 6.45) is 12.2. The van der Waals surface area contributed by atoms with Gasteiger partial charge in [0.15, 0.2) is 18.2 Å². The Morgan fingerprint density at radius 3 is 2.40 bits per heavy atom. The number of aliphatic hydroxyl groups is 1. The van der Waals surface area contributed by atoms with Gasteiger partial charge in [0.25, 0.3) is 10.1 Å². The summed E-state index contributed by atoms with van der Waals surface area (Å²) in [5.74, 6) is 2.29. The molecule has 5 saturated carbocycles. The number of rotatable bonds is 9. The maximum atomic E-state index is 12.6. The van der Waals surface area contributed by atoms with E-state index in [9.17, 15) is 18.3 Å². The van der Waals surface area contributed by atoms with Gasteiger partial charge in [-0.15, -0.1) is 0 Å².